The molecular formula is C14H30O2. The van der Waals surface area contributed by atoms with Crippen molar-refractivity contribution in [2.75, 3.05) is 6.61 Å². The molecule has 0 unspecified atom stereocenters. The van der Waals surface area contributed by atoms with Crippen LogP contribution in [-0.4, -0.2) is 12.2 Å². The van der Waals surface area contributed by atoms with E-state index in [1.54, 1.807) is 0 Å². The molecule has 0 saturated carbocycles. The van der Waals surface area contributed by atoms with E-state index in [1.807, 2.05) is 6.92 Å². The first kappa shape index (κ1) is 15.9. The maximum Gasteiger partial charge on any atom is 0.103 e. The first-order chi connectivity index (χ1) is 7.74. The minimum Gasteiger partial charge on any atom is -0.236 e. The van der Waals surface area contributed by atoms with Crippen molar-refractivity contribution in [3.8, 4) is 0 Å². The first-order valence-corrected chi connectivity index (χ1v) is 7.05. The van der Waals surface area contributed by atoms with Gasteiger partial charge in [0.05, 0.1) is 6.61 Å². The lowest BCUT2D eigenvalue weighted by molar-refractivity contribution is -0.362. The van der Waals surface area contributed by atoms with Crippen molar-refractivity contribution < 1.29 is 9.78 Å². The zero-order valence-corrected chi connectivity index (χ0v) is 11.7. The summed E-state index contributed by atoms with van der Waals surface area (Å²) >= 11 is 0. The van der Waals surface area contributed by atoms with Gasteiger partial charge in [0.25, 0.3) is 0 Å². The highest BCUT2D eigenvalue weighted by Gasteiger charge is 2.27. The van der Waals surface area contributed by atoms with Gasteiger partial charge < -0.3 is 0 Å². The molecule has 0 rings (SSSR count). The molecule has 0 aliphatic heterocycles. The SMILES string of the molecule is CCCCCCCC(CC)(CC)OOCC. The Morgan fingerprint density at radius 3 is 1.94 bits per heavy atom. The van der Waals surface area contributed by atoms with Gasteiger partial charge in [0.2, 0.25) is 0 Å². The van der Waals surface area contributed by atoms with Crippen LogP contribution in [0.3, 0.4) is 0 Å². The summed E-state index contributed by atoms with van der Waals surface area (Å²) in [6, 6.07) is 0. The van der Waals surface area contributed by atoms with E-state index >= 15 is 0 Å². The molecule has 0 heterocycles. The average Bonchev–Trinajstić information content (AvgIpc) is 2.33. The molecule has 0 saturated heterocycles. The fourth-order valence-corrected chi connectivity index (χ4v) is 2.00. The van der Waals surface area contributed by atoms with Gasteiger partial charge in [-0.05, 0) is 26.2 Å². The molecule has 0 spiro atoms. The monoisotopic (exact) mass is 230 g/mol. The van der Waals surface area contributed by atoms with Gasteiger partial charge in [-0.25, -0.2) is 9.78 Å². The lowest BCUT2D eigenvalue weighted by Crippen LogP contribution is -2.31. The Morgan fingerprint density at radius 1 is 0.812 bits per heavy atom. The lowest BCUT2D eigenvalue weighted by Gasteiger charge is -2.30. The molecule has 2 heteroatoms. The topological polar surface area (TPSA) is 18.5 Å². The normalized spacial score (nSPS) is 12.0. The van der Waals surface area contributed by atoms with Crippen LogP contribution in [0.1, 0.15) is 79.1 Å². The van der Waals surface area contributed by atoms with Crippen LogP contribution in [0.25, 0.3) is 0 Å². The van der Waals surface area contributed by atoms with Crippen LogP contribution in [-0.2, 0) is 9.78 Å². The van der Waals surface area contributed by atoms with E-state index in [9.17, 15) is 0 Å². The van der Waals surface area contributed by atoms with Gasteiger partial charge in [0.15, 0.2) is 0 Å². The van der Waals surface area contributed by atoms with Gasteiger partial charge >= 0.3 is 0 Å². The van der Waals surface area contributed by atoms with Crippen LogP contribution < -0.4 is 0 Å². The predicted octanol–water partition coefficient (Wildman–Crippen LogP) is 4.87. The van der Waals surface area contributed by atoms with E-state index < -0.39 is 0 Å². The molecule has 0 radical (unpaired) electrons. The summed E-state index contributed by atoms with van der Waals surface area (Å²) in [7, 11) is 0. The minimum absolute atomic E-state index is 0.0395. The van der Waals surface area contributed by atoms with E-state index in [2.05, 4.69) is 20.8 Å². The zero-order chi connectivity index (χ0) is 12.3. The van der Waals surface area contributed by atoms with E-state index in [-0.39, 0.29) is 5.60 Å². The molecule has 0 bridgehead atoms. The number of hydrogen-bond acceptors (Lipinski definition) is 2. The van der Waals surface area contributed by atoms with Gasteiger partial charge in [-0.1, -0.05) is 52.9 Å². The third-order valence-electron chi connectivity index (χ3n) is 3.38. The minimum atomic E-state index is -0.0395. The summed E-state index contributed by atoms with van der Waals surface area (Å²) in [5, 5.41) is 0. The van der Waals surface area contributed by atoms with Crippen molar-refractivity contribution in [2.24, 2.45) is 0 Å². The Kier molecular flexibility index (Phi) is 10.0. The third kappa shape index (κ3) is 6.49. The van der Waals surface area contributed by atoms with Crippen LogP contribution in [0, 0.1) is 0 Å². The molecule has 2 nitrogen and oxygen atoms in total. The van der Waals surface area contributed by atoms with Crippen LogP contribution in [0.15, 0.2) is 0 Å². The van der Waals surface area contributed by atoms with Gasteiger partial charge in [0.1, 0.15) is 5.60 Å². The van der Waals surface area contributed by atoms with Crippen molar-refractivity contribution >= 4 is 0 Å². The fraction of sp³-hybridized carbons (Fsp3) is 1.00. The molecule has 0 aliphatic carbocycles. The Balaban J connectivity index is 3.82. The van der Waals surface area contributed by atoms with Crippen molar-refractivity contribution in [3.05, 3.63) is 0 Å². The summed E-state index contributed by atoms with van der Waals surface area (Å²) < 4.78 is 0. The molecule has 0 aromatic heterocycles. The van der Waals surface area contributed by atoms with E-state index in [4.69, 9.17) is 9.78 Å². The van der Waals surface area contributed by atoms with Crippen molar-refractivity contribution in [1.29, 1.82) is 0 Å². The highest BCUT2D eigenvalue weighted by atomic mass is 17.2. The molecule has 0 aromatic carbocycles. The Hall–Kier alpha value is -0.0800. The summed E-state index contributed by atoms with van der Waals surface area (Å²) in [5.41, 5.74) is -0.0395. The Bertz CT molecular complexity index is 142. The summed E-state index contributed by atoms with van der Waals surface area (Å²) in [5.74, 6) is 0. The largest absolute Gasteiger partial charge is 0.236 e. The number of hydrogen-bond donors (Lipinski definition) is 0. The number of unbranched alkanes of at least 4 members (excludes halogenated alkanes) is 4. The second-order valence-electron chi connectivity index (χ2n) is 4.54. The molecule has 16 heavy (non-hydrogen) atoms. The summed E-state index contributed by atoms with van der Waals surface area (Å²) in [6.07, 6.45) is 9.81. The average molecular weight is 230 g/mol. The Morgan fingerprint density at radius 2 is 1.44 bits per heavy atom. The van der Waals surface area contributed by atoms with E-state index in [1.165, 1.54) is 32.1 Å². The summed E-state index contributed by atoms with van der Waals surface area (Å²) in [4.78, 5) is 10.7. The smallest absolute Gasteiger partial charge is 0.103 e. The lowest BCUT2D eigenvalue weighted by atomic mass is 9.90. The maximum absolute atomic E-state index is 5.58. The maximum atomic E-state index is 5.58. The van der Waals surface area contributed by atoms with Gasteiger partial charge in [-0.2, -0.15) is 0 Å². The molecular weight excluding hydrogens is 200 g/mol. The second-order valence-corrected chi connectivity index (χ2v) is 4.54. The highest BCUT2D eigenvalue weighted by molar-refractivity contribution is 4.76. The third-order valence-corrected chi connectivity index (χ3v) is 3.38. The van der Waals surface area contributed by atoms with Crippen LogP contribution in [0.5, 0.6) is 0 Å². The second kappa shape index (κ2) is 10.1. The summed E-state index contributed by atoms with van der Waals surface area (Å²) in [6.45, 7) is 9.23. The molecule has 0 N–H and O–H groups in total. The molecule has 0 fully saturated rings. The zero-order valence-electron chi connectivity index (χ0n) is 11.7. The van der Waals surface area contributed by atoms with Crippen molar-refractivity contribution in [1.82, 2.24) is 0 Å². The van der Waals surface area contributed by atoms with Crippen molar-refractivity contribution in [2.45, 2.75) is 84.7 Å². The van der Waals surface area contributed by atoms with Crippen LogP contribution in [0.4, 0.5) is 0 Å². The first-order valence-electron chi connectivity index (χ1n) is 7.05. The van der Waals surface area contributed by atoms with Crippen LogP contribution >= 0.6 is 0 Å². The quantitative estimate of drug-likeness (QED) is 0.286. The molecule has 0 amide bonds. The predicted molar refractivity (Wildman–Crippen MR) is 69.4 cm³/mol. The molecule has 98 valence electrons. The molecule has 0 atom stereocenters. The van der Waals surface area contributed by atoms with E-state index in [0.717, 1.165) is 19.3 Å². The molecule has 0 aliphatic rings. The van der Waals surface area contributed by atoms with E-state index in [0.29, 0.717) is 6.61 Å². The number of rotatable bonds is 11. The van der Waals surface area contributed by atoms with Gasteiger partial charge in [-0.15, -0.1) is 0 Å². The highest BCUT2D eigenvalue weighted by Crippen LogP contribution is 2.27. The standard InChI is InChI=1S/C14H30O2/c1-5-9-10-11-12-13-14(6-2,7-3)16-15-8-4/h5-13H2,1-4H3. The fourth-order valence-electron chi connectivity index (χ4n) is 2.00. The van der Waals surface area contributed by atoms with Gasteiger partial charge in [0, 0.05) is 0 Å². The van der Waals surface area contributed by atoms with Gasteiger partial charge in [-0.3, -0.25) is 0 Å². The molecule has 0 aromatic rings. The van der Waals surface area contributed by atoms with Crippen LogP contribution in [0.2, 0.25) is 0 Å². The van der Waals surface area contributed by atoms with Crippen molar-refractivity contribution in [3.63, 3.8) is 0 Å². The Labute approximate surface area is 102 Å².